The number of carbonyl (C=O) groups excluding carboxylic acids is 1. The molecule has 0 aliphatic carbocycles. The quantitative estimate of drug-likeness (QED) is 0.878. The number of ether oxygens (including phenoxy) is 1. The normalized spacial score (nSPS) is 18.6. The maximum atomic E-state index is 13.3. The van der Waals surface area contributed by atoms with Crippen LogP contribution in [0.1, 0.15) is 20.3 Å². The summed E-state index contributed by atoms with van der Waals surface area (Å²) in [6, 6.07) is 4.15. The van der Waals surface area contributed by atoms with E-state index in [2.05, 4.69) is 10.6 Å². The Bertz CT molecular complexity index is 457. The number of carbonyl (C=O) groups is 1. The Balaban J connectivity index is 2.12. The summed E-state index contributed by atoms with van der Waals surface area (Å²) in [5.41, 5.74) is 0.394. The smallest absolute Gasteiger partial charge is 0.228 e. The first-order chi connectivity index (χ1) is 9.06. The van der Waals surface area contributed by atoms with E-state index in [-0.39, 0.29) is 17.9 Å². The summed E-state index contributed by atoms with van der Waals surface area (Å²) in [7, 11) is 0. The number of amides is 1. The second-order valence-electron chi connectivity index (χ2n) is 4.99. The summed E-state index contributed by atoms with van der Waals surface area (Å²) in [6.07, 6.45) is 0.774. The van der Waals surface area contributed by atoms with Gasteiger partial charge in [-0.05, 0) is 38.9 Å². The highest BCUT2D eigenvalue weighted by atomic mass is 19.1. The number of halogens is 1. The highest BCUT2D eigenvalue weighted by molar-refractivity contribution is 5.94. The molecule has 2 rings (SSSR count). The molecule has 5 heteroatoms. The lowest BCUT2D eigenvalue weighted by Gasteiger charge is -2.16. The summed E-state index contributed by atoms with van der Waals surface area (Å²) >= 11 is 0. The molecule has 0 aromatic heterocycles. The van der Waals surface area contributed by atoms with Gasteiger partial charge in [-0.1, -0.05) is 0 Å². The van der Waals surface area contributed by atoms with Gasteiger partial charge in [-0.3, -0.25) is 4.79 Å². The van der Waals surface area contributed by atoms with Crippen molar-refractivity contribution in [2.75, 3.05) is 18.4 Å². The number of hydrogen-bond acceptors (Lipinski definition) is 3. The minimum Gasteiger partial charge on any atom is -0.489 e. The van der Waals surface area contributed by atoms with Gasteiger partial charge in [0.05, 0.1) is 17.7 Å². The Labute approximate surface area is 112 Å². The number of hydrogen-bond donors (Lipinski definition) is 2. The predicted molar refractivity (Wildman–Crippen MR) is 71.8 cm³/mol. The van der Waals surface area contributed by atoms with Crippen LogP contribution in [0.15, 0.2) is 18.2 Å². The second-order valence-corrected chi connectivity index (χ2v) is 4.99. The molecule has 1 atom stereocenters. The van der Waals surface area contributed by atoms with Crippen molar-refractivity contribution in [3.63, 3.8) is 0 Å². The zero-order valence-corrected chi connectivity index (χ0v) is 11.2. The first-order valence-electron chi connectivity index (χ1n) is 6.54. The molecule has 2 N–H and O–H groups in total. The zero-order chi connectivity index (χ0) is 13.8. The molecule has 1 aromatic carbocycles. The van der Waals surface area contributed by atoms with E-state index in [0.717, 1.165) is 13.0 Å². The Morgan fingerprint density at radius 2 is 2.32 bits per heavy atom. The molecule has 1 fully saturated rings. The minimum absolute atomic E-state index is 0.0331. The van der Waals surface area contributed by atoms with Gasteiger partial charge in [0.25, 0.3) is 0 Å². The highest BCUT2D eigenvalue weighted by Crippen LogP contribution is 2.27. The van der Waals surface area contributed by atoms with Crippen molar-refractivity contribution in [3.05, 3.63) is 24.0 Å². The second kappa shape index (κ2) is 6.02. The van der Waals surface area contributed by atoms with Gasteiger partial charge < -0.3 is 15.4 Å². The molecule has 4 nitrogen and oxygen atoms in total. The van der Waals surface area contributed by atoms with Gasteiger partial charge in [0.15, 0.2) is 0 Å². The van der Waals surface area contributed by atoms with Crippen LogP contribution in [-0.4, -0.2) is 25.1 Å². The summed E-state index contributed by atoms with van der Waals surface area (Å²) < 4.78 is 18.9. The summed E-state index contributed by atoms with van der Waals surface area (Å²) in [4.78, 5) is 12.0. The largest absolute Gasteiger partial charge is 0.489 e. The SMILES string of the molecule is CC(C)Oc1ccc(F)cc1NC(=O)C1CCNC1. The molecule has 0 saturated carbocycles. The lowest BCUT2D eigenvalue weighted by Crippen LogP contribution is -2.25. The minimum atomic E-state index is -0.393. The third-order valence-corrected chi connectivity index (χ3v) is 2.99. The fraction of sp³-hybridized carbons (Fsp3) is 0.500. The lowest BCUT2D eigenvalue weighted by atomic mass is 10.1. The number of rotatable bonds is 4. The fourth-order valence-electron chi connectivity index (χ4n) is 2.07. The van der Waals surface area contributed by atoms with Gasteiger partial charge in [-0.15, -0.1) is 0 Å². The Hall–Kier alpha value is -1.62. The van der Waals surface area contributed by atoms with Crippen LogP contribution in [0.5, 0.6) is 5.75 Å². The van der Waals surface area contributed by atoms with Crippen LogP contribution in [0.3, 0.4) is 0 Å². The standard InChI is InChI=1S/C14H19FN2O2/c1-9(2)19-13-4-3-11(15)7-12(13)17-14(18)10-5-6-16-8-10/h3-4,7,9-10,16H,5-6,8H2,1-2H3,(H,17,18). The number of nitrogens with one attached hydrogen (secondary N) is 2. The highest BCUT2D eigenvalue weighted by Gasteiger charge is 2.23. The van der Waals surface area contributed by atoms with E-state index < -0.39 is 5.82 Å². The van der Waals surface area contributed by atoms with Crippen LogP contribution >= 0.6 is 0 Å². The van der Waals surface area contributed by atoms with Gasteiger partial charge in [0, 0.05) is 12.6 Å². The molecule has 104 valence electrons. The van der Waals surface area contributed by atoms with Crippen LogP contribution in [0.25, 0.3) is 0 Å². The maximum absolute atomic E-state index is 13.3. The van der Waals surface area contributed by atoms with Gasteiger partial charge in [0.2, 0.25) is 5.91 Å². The van der Waals surface area contributed by atoms with Gasteiger partial charge in [0.1, 0.15) is 11.6 Å². The molecule has 1 amide bonds. The van der Waals surface area contributed by atoms with Crippen molar-refractivity contribution in [2.45, 2.75) is 26.4 Å². The van der Waals surface area contributed by atoms with E-state index in [9.17, 15) is 9.18 Å². The topological polar surface area (TPSA) is 50.4 Å². The molecule has 1 aliphatic rings. The third kappa shape index (κ3) is 3.67. The van der Waals surface area contributed by atoms with Crippen molar-refractivity contribution >= 4 is 11.6 Å². The van der Waals surface area contributed by atoms with Crippen LogP contribution in [0, 0.1) is 11.7 Å². The van der Waals surface area contributed by atoms with E-state index in [1.165, 1.54) is 18.2 Å². The van der Waals surface area contributed by atoms with Crippen LogP contribution in [0.2, 0.25) is 0 Å². The van der Waals surface area contributed by atoms with Crippen molar-refractivity contribution in [2.24, 2.45) is 5.92 Å². The molecule has 0 bridgehead atoms. The predicted octanol–water partition coefficient (Wildman–Crippen LogP) is 2.16. The summed E-state index contributed by atoms with van der Waals surface area (Å²) in [5.74, 6) is -0.0500. The Kier molecular flexibility index (Phi) is 4.37. The van der Waals surface area contributed by atoms with Crippen molar-refractivity contribution < 1.29 is 13.9 Å². The average molecular weight is 266 g/mol. The van der Waals surface area contributed by atoms with Crippen LogP contribution < -0.4 is 15.4 Å². The van der Waals surface area contributed by atoms with E-state index in [0.29, 0.717) is 18.0 Å². The molecule has 1 heterocycles. The summed E-state index contributed by atoms with van der Waals surface area (Å²) in [6.45, 7) is 5.28. The van der Waals surface area contributed by atoms with Crippen molar-refractivity contribution in [1.82, 2.24) is 5.32 Å². The molecule has 19 heavy (non-hydrogen) atoms. The molecule has 0 radical (unpaired) electrons. The van der Waals surface area contributed by atoms with E-state index >= 15 is 0 Å². The van der Waals surface area contributed by atoms with Gasteiger partial charge >= 0.3 is 0 Å². The molecule has 0 spiro atoms. The van der Waals surface area contributed by atoms with Crippen LogP contribution in [0.4, 0.5) is 10.1 Å². The van der Waals surface area contributed by atoms with E-state index in [1.54, 1.807) is 0 Å². The zero-order valence-electron chi connectivity index (χ0n) is 11.2. The van der Waals surface area contributed by atoms with Gasteiger partial charge in [-0.2, -0.15) is 0 Å². The Morgan fingerprint density at radius 1 is 1.53 bits per heavy atom. The number of anilines is 1. The third-order valence-electron chi connectivity index (χ3n) is 2.99. The average Bonchev–Trinajstić information content (AvgIpc) is 2.86. The molecule has 1 aliphatic heterocycles. The molecular weight excluding hydrogens is 247 g/mol. The van der Waals surface area contributed by atoms with Crippen LogP contribution in [-0.2, 0) is 4.79 Å². The van der Waals surface area contributed by atoms with Crippen molar-refractivity contribution in [1.29, 1.82) is 0 Å². The molecular formula is C14H19FN2O2. The first-order valence-corrected chi connectivity index (χ1v) is 6.54. The van der Waals surface area contributed by atoms with Gasteiger partial charge in [-0.25, -0.2) is 4.39 Å². The first kappa shape index (κ1) is 13.8. The Morgan fingerprint density at radius 3 is 2.95 bits per heavy atom. The molecule has 1 unspecified atom stereocenters. The maximum Gasteiger partial charge on any atom is 0.228 e. The number of benzene rings is 1. The van der Waals surface area contributed by atoms with E-state index in [1.807, 2.05) is 13.8 Å². The lowest BCUT2D eigenvalue weighted by molar-refractivity contribution is -0.119. The fourth-order valence-corrected chi connectivity index (χ4v) is 2.07. The monoisotopic (exact) mass is 266 g/mol. The molecule has 1 aromatic rings. The van der Waals surface area contributed by atoms with Crippen molar-refractivity contribution in [3.8, 4) is 5.75 Å². The van der Waals surface area contributed by atoms with E-state index in [4.69, 9.17) is 4.74 Å². The molecule has 1 saturated heterocycles. The summed E-state index contributed by atoms with van der Waals surface area (Å²) in [5, 5.41) is 5.89.